The summed E-state index contributed by atoms with van der Waals surface area (Å²) < 4.78 is 0. The number of urea groups is 1. The van der Waals surface area contributed by atoms with Gasteiger partial charge >= 0.3 is 6.03 Å². The van der Waals surface area contributed by atoms with Gasteiger partial charge in [-0.1, -0.05) is 0 Å². The molecular formula is C15H29N3O. The van der Waals surface area contributed by atoms with Gasteiger partial charge in [0.05, 0.1) is 12.1 Å². The number of hydrogen-bond acceptors (Lipinski definition) is 2. The number of hydrogen-bond donors (Lipinski definition) is 1. The third-order valence-electron chi connectivity index (χ3n) is 4.35. The monoisotopic (exact) mass is 267 g/mol. The lowest BCUT2D eigenvalue weighted by Gasteiger charge is -2.41. The number of carbonyl (C=O) groups is 1. The molecule has 4 nitrogen and oxygen atoms in total. The van der Waals surface area contributed by atoms with E-state index in [0.717, 1.165) is 25.9 Å². The topological polar surface area (TPSA) is 35.6 Å². The first kappa shape index (κ1) is 14.6. The Balaban J connectivity index is 2.24. The molecule has 110 valence electrons. The molecule has 2 atom stereocenters. The molecule has 0 aromatic carbocycles. The molecule has 19 heavy (non-hydrogen) atoms. The zero-order valence-corrected chi connectivity index (χ0v) is 13.3. The fourth-order valence-corrected chi connectivity index (χ4v) is 3.36. The number of carbonyl (C=O) groups excluding carboxylic acids is 1. The lowest BCUT2D eigenvalue weighted by atomic mass is 9.99. The van der Waals surface area contributed by atoms with E-state index in [9.17, 15) is 4.79 Å². The molecule has 2 fully saturated rings. The van der Waals surface area contributed by atoms with Crippen molar-refractivity contribution < 1.29 is 4.79 Å². The first-order chi connectivity index (χ1) is 8.60. The van der Waals surface area contributed by atoms with Crippen LogP contribution in [0.3, 0.4) is 0 Å². The normalized spacial score (nSPS) is 30.0. The second-order valence-corrected chi connectivity index (χ2v) is 7.92. The maximum Gasteiger partial charge on any atom is 0.318 e. The molecule has 2 saturated heterocycles. The van der Waals surface area contributed by atoms with Crippen molar-refractivity contribution in [2.45, 2.75) is 77.5 Å². The Morgan fingerprint density at radius 2 is 1.74 bits per heavy atom. The molecule has 2 rings (SSSR count). The minimum absolute atomic E-state index is 0.109. The van der Waals surface area contributed by atoms with Crippen LogP contribution in [0.2, 0.25) is 0 Å². The van der Waals surface area contributed by atoms with E-state index in [1.807, 2.05) is 0 Å². The summed E-state index contributed by atoms with van der Waals surface area (Å²) in [7, 11) is 0. The average Bonchev–Trinajstić information content (AvgIpc) is 2.40. The molecule has 0 bridgehead atoms. The van der Waals surface area contributed by atoms with E-state index in [2.05, 4.69) is 56.7 Å². The van der Waals surface area contributed by atoms with Crippen LogP contribution in [0, 0.1) is 0 Å². The van der Waals surface area contributed by atoms with E-state index >= 15 is 0 Å². The highest BCUT2D eigenvalue weighted by atomic mass is 16.2. The largest absolute Gasteiger partial charge is 0.333 e. The molecule has 0 spiro atoms. The summed E-state index contributed by atoms with van der Waals surface area (Å²) in [5.74, 6) is 0. The van der Waals surface area contributed by atoms with Crippen LogP contribution in [0.5, 0.6) is 0 Å². The molecule has 0 radical (unpaired) electrons. The van der Waals surface area contributed by atoms with Crippen LogP contribution in [-0.4, -0.2) is 52.1 Å². The molecular weight excluding hydrogens is 238 g/mol. The summed E-state index contributed by atoms with van der Waals surface area (Å²) in [4.78, 5) is 16.8. The molecule has 2 aliphatic heterocycles. The SMILES string of the molecule is CC(C)(C)N1CCCC2NC(=O)N(C(C)(C)C)C2C1. The Morgan fingerprint density at radius 1 is 1.11 bits per heavy atom. The Kier molecular flexibility index (Phi) is 3.58. The molecule has 2 unspecified atom stereocenters. The van der Waals surface area contributed by atoms with E-state index in [0.29, 0.717) is 12.1 Å². The zero-order chi connectivity index (χ0) is 14.4. The predicted molar refractivity (Wildman–Crippen MR) is 78.3 cm³/mol. The smallest absolute Gasteiger partial charge is 0.318 e. The van der Waals surface area contributed by atoms with Gasteiger partial charge in [0, 0.05) is 17.6 Å². The minimum Gasteiger partial charge on any atom is -0.333 e. The van der Waals surface area contributed by atoms with Gasteiger partial charge < -0.3 is 10.2 Å². The fourth-order valence-electron chi connectivity index (χ4n) is 3.36. The minimum atomic E-state index is -0.114. The molecule has 0 aromatic rings. The molecule has 1 N–H and O–H groups in total. The number of rotatable bonds is 0. The molecule has 0 aromatic heterocycles. The number of nitrogens with zero attached hydrogens (tertiary/aromatic N) is 2. The van der Waals surface area contributed by atoms with Gasteiger partial charge in [-0.2, -0.15) is 0 Å². The summed E-state index contributed by atoms with van der Waals surface area (Å²) in [5.41, 5.74) is 0.0570. The van der Waals surface area contributed by atoms with Crippen molar-refractivity contribution in [2.24, 2.45) is 0 Å². The third kappa shape index (κ3) is 2.88. The van der Waals surface area contributed by atoms with Crippen LogP contribution in [0.4, 0.5) is 4.79 Å². The predicted octanol–water partition coefficient (Wildman–Crippen LogP) is 2.44. The van der Waals surface area contributed by atoms with Gasteiger partial charge in [0.2, 0.25) is 0 Å². The van der Waals surface area contributed by atoms with Crippen molar-refractivity contribution in [3.63, 3.8) is 0 Å². The number of nitrogens with one attached hydrogen (secondary N) is 1. The summed E-state index contributed by atoms with van der Waals surface area (Å²) in [6.07, 6.45) is 2.26. The maximum absolute atomic E-state index is 12.3. The summed E-state index contributed by atoms with van der Waals surface area (Å²) >= 11 is 0. The van der Waals surface area contributed by atoms with Crippen molar-refractivity contribution in [3.05, 3.63) is 0 Å². The van der Waals surface area contributed by atoms with Crippen LogP contribution in [-0.2, 0) is 0 Å². The lowest BCUT2D eigenvalue weighted by Crippen LogP contribution is -2.55. The first-order valence-electron chi connectivity index (χ1n) is 7.45. The number of amides is 2. The number of fused-ring (bicyclic) bond motifs is 1. The second kappa shape index (κ2) is 4.65. The quantitative estimate of drug-likeness (QED) is 0.732. The maximum atomic E-state index is 12.3. The van der Waals surface area contributed by atoms with Gasteiger partial charge in [0.15, 0.2) is 0 Å². The fraction of sp³-hybridized carbons (Fsp3) is 0.933. The van der Waals surface area contributed by atoms with Crippen molar-refractivity contribution >= 4 is 6.03 Å². The summed E-state index contributed by atoms with van der Waals surface area (Å²) in [6, 6.07) is 0.728. The van der Waals surface area contributed by atoms with E-state index in [-0.39, 0.29) is 17.1 Å². The van der Waals surface area contributed by atoms with Gasteiger partial charge in [0.1, 0.15) is 0 Å². The van der Waals surface area contributed by atoms with E-state index in [1.165, 1.54) is 0 Å². The highest BCUT2D eigenvalue weighted by Gasteiger charge is 2.46. The lowest BCUT2D eigenvalue weighted by molar-refractivity contribution is 0.0778. The van der Waals surface area contributed by atoms with Crippen molar-refractivity contribution in [2.75, 3.05) is 13.1 Å². The van der Waals surface area contributed by atoms with Gasteiger partial charge in [-0.3, -0.25) is 4.90 Å². The van der Waals surface area contributed by atoms with Crippen LogP contribution < -0.4 is 5.32 Å². The molecule has 2 heterocycles. The van der Waals surface area contributed by atoms with Gasteiger partial charge in [0.25, 0.3) is 0 Å². The summed E-state index contributed by atoms with van der Waals surface area (Å²) in [6.45, 7) is 15.3. The van der Waals surface area contributed by atoms with Gasteiger partial charge in [-0.05, 0) is 60.9 Å². The van der Waals surface area contributed by atoms with Crippen LogP contribution in [0.25, 0.3) is 0 Å². The molecule has 0 saturated carbocycles. The molecule has 4 heteroatoms. The number of likely N-dealkylation sites (tertiary alicyclic amines) is 1. The van der Waals surface area contributed by atoms with E-state index < -0.39 is 0 Å². The Morgan fingerprint density at radius 3 is 2.26 bits per heavy atom. The molecule has 2 amide bonds. The Labute approximate surface area is 117 Å². The molecule has 0 aliphatic carbocycles. The van der Waals surface area contributed by atoms with Crippen LogP contribution in [0.15, 0.2) is 0 Å². The zero-order valence-electron chi connectivity index (χ0n) is 13.3. The summed E-state index contributed by atoms with van der Waals surface area (Å²) in [5, 5.41) is 3.18. The average molecular weight is 267 g/mol. The van der Waals surface area contributed by atoms with E-state index in [4.69, 9.17) is 0 Å². The van der Waals surface area contributed by atoms with Gasteiger partial charge in [-0.25, -0.2) is 4.79 Å². The molecule has 2 aliphatic rings. The van der Waals surface area contributed by atoms with Crippen molar-refractivity contribution in [1.29, 1.82) is 0 Å². The highest BCUT2D eigenvalue weighted by molar-refractivity contribution is 5.78. The highest BCUT2D eigenvalue weighted by Crippen LogP contribution is 2.30. The Bertz CT molecular complexity index is 353. The van der Waals surface area contributed by atoms with Crippen molar-refractivity contribution in [3.8, 4) is 0 Å². The standard InChI is InChI=1S/C15H29N3O/c1-14(2,3)17-9-7-8-11-12(10-17)18(13(19)16-11)15(4,5)6/h11-12H,7-10H2,1-6H3,(H,16,19). The van der Waals surface area contributed by atoms with Crippen LogP contribution in [0.1, 0.15) is 54.4 Å². The third-order valence-corrected chi connectivity index (χ3v) is 4.35. The first-order valence-corrected chi connectivity index (χ1v) is 7.45. The van der Waals surface area contributed by atoms with Gasteiger partial charge in [-0.15, -0.1) is 0 Å². The van der Waals surface area contributed by atoms with Crippen LogP contribution >= 0.6 is 0 Å². The van der Waals surface area contributed by atoms with Crippen molar-refractivity contribution in [1.82, 2.24) is 15.1 Å². The Hall–Kier alpha value is -0.770. The van der Waals surface area contributed by atoms with E-state index in [1.54, 1.807) is 0 Å². The second-order valence-electron chi connectivity index (χ2n) is 7.92.